The maximum absolute atomic E-state index is 12.2. The Morgan fingerprint density at radius 3 is 2.75 bits per heavy atom. The van der Waals surface area contributed by atoms with Crippen molar-refractivity contribution in [3.63, 3.8) is 0 Å². The normalized spacial score (nSPS) is 27.3. The zero-order valence-electron chi connectivity index (χ0n) is 15.0. The first-order chi connectivity index (χ1) is 11.2. The van der Waals surface area contributed by atoms with Gasteiger partial charge in [-0.1, -0.05) is 6.92 Å². The number of amides is 1. The zero-order valence-corrected chi connectivity index (χ0v) is 15.0. The van der Waals surface area contributed by atoms with Crippen LogP contribution in [0.25, 0.3) is 0 Å². The number of ether oxygens (including phenoxy) is 1. The number of rotatable bonds is 3. The lowest BCUT2D eigenvalue weighted by atomic mass is 9.73. The SMILES string of the molecule is C=N[C@@H]1[C@H](C)C[C@H](c2ccncc2N)C[C@@H]1NC(=O)OC(C)(C)C. The van der Waals surface area contributed by atoms with Gasteiger partial charge >= 0.3 is 6.09 Å². The van der Waals surface area contributed by atoms with E-state index in [0.717, 1.165) is 18.4 Å². The van der Waals surface area contributed by atoms with Crippen LogP contribution in [0.5, 0.6) is 0 Å². The first-order valence-corrected chi connectivity index (χ1v) is 8.36. The van der Waals surface area contributed by atoms with Crippen LogP contribution < -0.4 is 11.1 Å². The van der Waals surface area contributed by atoms with Crippen molar-refractivity contribution < 1.29 is 9.53 Å². The van der Waals surface area contributed by atoms with Crippen LogP contribution in [0.4, 0.5) is 10.5 Å². The highest BCUT2D eigenvalue weighted by molar-refractivity contribution is 5.68. The molecule has 0 bridgehead atoms. The molecular formula is C18H28N4O2. The number of aliphatic imine (C=N–C) groups is 1. The second-order valence-electron chi connectivity index (χ2n) is 7.58. The summed E-state index contributed by atoms with van der Waals surface area (Å²) in [5.41, 5.74) is 7.32. The van der Waals surface area contributed by atoms with Gasteiger partial charge in [0.2, 0.25) is 0 Å². The number of nitrogens with zero attached hydrogens (tertiary/aromatic N) is 2. The third-order valence-corrected chi connectivity index (χ3v) is 4.43. The van der Waals surface area contributed by atoms with Crippen molar-refractivity contribution in [2.75, 3.05) is 5.73 Å². The van der Waals surface area contributed by atoms with Gasteiger partial charge in [0.05, 0.1) is 24.0 Å². The Morgan fingerprint density at radius 2 is 2.17 bits per heavy atom. The third-order valence-electron chi connectivity index (χ3n) is 4.43. The fourth-order valence-electron chi connectivity index (χ4n) is 3.48. The van der Waals surface area contributed by atoms with Crippen molar-refractivity contribution in [3.05, 3.63) is 24.0 Å². The minimum absolute atomic E-state index is 0.0307. The van der Waals surface area contributed by atoms with E-state index in [-0.39, 0.29) is 23.9 Å². The topological polar surface area (TPSA) is 89.6 Å². The van der Waals surface area contributed by atoms with Crippen LogP contribution >= 0.6 is 0 Å². The van der Waals surface area contributed by atoms with Crippen molar-refractivity contribution in [2.24, 2.45) is 10.9 Å². The van der Waals surface area contributed by atoms with Crippen LogP contribution in [-0.4, -0.2) is 35.5 Å². The molecule has 1 heterocycles. The smallest absolute Gasteiger partial charge is 0.407 e. The summed E-state index contributed by atoms with van der Waals surface area (Å²) in [6, 6.07) is 1.80. The molecule has 4 atom stereocenters. The van der Waals surface area contributed by atoms with E-state index in [2.05, 4.69) is 28.9 Å². The average molecular weight is 332 g/mol. The molecule has 1 fully saturated rings. The number of hydrogen-bond acceptors (Lipinski definition) is 5. The van der Waals surface area contributed by atoms with E-state index in [1.54, 1.807) is 12.4 Å². The molecule has 0 aliphatic heterocycles. The molecule has 6 heteroatoms. The quantitative estimate of drug-likeness (QED) is 0.832. The van der Waals surface area contributed by atoms with E-state index in [4.69, 9.17) is 10.5 Å². The molecule has 0 unspecified atom stereocenters. The van der Waals surface area contributed by atoms with Gasteiger partial charge in [-0.2, -0.15) is 0 Å². The summed E-state index contributed by atoms with van der Waals surface area (Å²) in [7, 11) is 0. The Balaban J connectivity index is 2.16. The van der Waals surface area contributed by atoms with E-state index >= 15 is 0 Å². The van der Waals surface area contributed by atoms with Gasteiger partial charge in [0, 0.05) is 6.20 Å². The molecular weight excluding hydrogens is 304 g/mol. The third kappa shape index (κ3) is 4.46. The number of nitrogens with one attached hydrogen (secondary N) is 1. The van der Waals surface area contributed by atoms with Gasteiger partial charge in [-0.3, -0.25) is 9.98 Å². The number of anilines is 1. The lowest BCUT2D eigenvalue weighted by Crippen LogP contribution is -2.50. The van der Waals surface area contributed by atoms with Gasteiger partial charge in [-0.15, -0.1) is 0 Å². The Kier molecular flexibility index (Phi) is 5.47. The summed E-state index contributed by atoms with van der Waals surface area (Å²) in [6.45, 7) is 11.4. The highest BCUT2D eigenvalue weighted by Crippen LogP contribution is 2.39. The summed E-state index contributed by atoms with van der Waals surface area (Å²) < 4.78 is 5.39. The summed E-state index contributed by atoms with van der Waals surface area (Å²) in [6.07, 6.45) is 4.71. The monoisotopic (exact) mass is 332 g/mol. The van der Waals surface area contributed by atoms with Gasteiger partial charge in [-0.05, 0) is 63.8 Å². The predicted molar refractivity (Wildman–Crippen MR) is 96.3 cm³/mol. The molecule has 1 amide bonds. The van der Waals surface area contributed by atoms with E-state index in [0.29, 0.717) is 5.69 Å². The van der Waals surface area contributed by atoms with Gasteiger partial charge in [-0.25, -0.2) is 4.79 Å². The lowest BCUT2D eigenvalue weighted by Gasteiger charge is -2.39. The van der Waals surface area contributed by atoms with Crippen molar-refractivity contribution >= 4 is 18.5 Å². The zero-order chi connectivity index (χ0) is 17.9. The minimum atomic E-state index is -0.531. The number of pyridine rings is 1. The van der Waals surface area contributed by atoms with Crippen molar-refractivity contribution in [2.45, 2.75) is 64.1 Å². The second-order valence-corrected chi connectivity index (χ2v) is 7.58. The molecule has 132 valence electrons. The molecule has 0 spiro atoms. The first-order valence-electron chi connectivity index (χ1n) is 8.36. The maximum Gasteiger partial charge on any atom is 0.407 e. The molecule has 1 aromatic rings. The standard InChI is InChI=1S/C18H28N4O2/c1-11-8-12(13-6-7-21-10-14(13)19)9-15(16(11)20-5)22-17(23)24-18(2,3)4/h6-7,10-12,15-16H,5,8-9,19H2,1-4H3,(H,22,23)/t11-,12+,15+,16-/m1/s1. The van der Waals surface area contributed by atoms with E-state index < -0.39 is 11.7 Å². The predicted octanol–water partition coefficient (Wildman–Crippen LogP) is 3.14. The molecule has 1 aliphatic carbocycles. The van der Waals surface area contributed by atoms with E-state index in [1.807, 2.05) is 26.8 Å². The Hall–Kier alpha value is -2.11. The maximum atomic E-state index is 12.2. The fourth-order valence-corrected chi connectivity index (χ4v) is 3.48. The van der Waals surface area contributed by atoms with Crippen LogP contribution in [0.1, 0.15) is 52.0 Å². The van der Waals surface area contributed by atoms with Gasteiger partial charge in [0.15, 0.2) is 0 Å². The highest BCUT2D eigenvalue weighted by Gasteiger charge is 2.37. The number of carbonyl (C=O) groups is 1. The second kappa shape index (κ2) is 7.20. The van der Waals surface area contributed by atoms with Crippen molar-refractivity contribution in [1.82, 2.24) is 10.3 Å². The molecule has 1 aromatic heterocycles. The average Bonchev–Trinajstić information content (AvgIpc) is 2.45. The van der Waals surface area contributed by atoms with Gasteiger partial charge < -0.3 is 15.8 Å². The number of nitrogens with two attached hydrogens (primary N) is 1. The molecule has 2 rings (SSSR count). The Bertz CT molecular complexity index is 597. The summed E-state index contributed by atoms with van der Waals surface area (Å²) >= 11 is 0. The number of hydrogen-bond donors (Lipinski definition) is 2. The molecule has 0 aromatic carbocycles. The molecule has 1 aliphatic rings. The van der Waals surface area contributed by atoms with E-state index in [9.17, 15) is 4.79 Å². The van der Waals surface area contributed by atoms with Crippen LogP contribution in [0.15, 0.2) is 23.5 Å². The highest BCUT2D eigenvalue weighted by atomic mass is 16.6. The molecule has 6 nitrogen and oxygen atoms in total. The van der Waals surface area contributed by atoms with Crippen molar-refractivity contribution in [1.29, 1.82) is 0 Å². The van der Waals surface area contributed by atoms with Gasteiger partial charge in [0.1, 0.15) is 5.60 Å². The molecule has 1 saturated carbocycles. The largest absolute Gasteiger partial charge is 0.444 e. The summed E-state index contributed by atoms with van der Waals surface area (Å²) in [5, 5.41) is 2.97. The van der Waals surface area contributed by atoms with Crippen molar-refractivity contribution in [3.8, 4) is 0 Å². The molecule has 0 saturated heterocycles. The number of alkyl carbamates (subject to hydrolysis) is 1. The number of carbonyl (C=O) groups excluding carboxylic acids is 1. The summed E-state index contributed by atoms with van der Waals surface area (Å²) in [5.74, 6) is 0.537. The van der Waals surface area contributed by atoms with Gasteiger partial charge in [0.25, 0.3) is 0 Å². The van der Waals surface area contributed by atoms with Crippen LogP contribution in [0, 0.1) is 5.92 Å². The first kappa shape index (κ1) is 18.2. The lowest BCUT2D eigenvalue weighted by molar-refractivity contribution is 0.0471. The number of aromatic nitrogens is 1. The molecule has 3 N–H and O–H groups in total. The van der Waals surface area contributed by atoms with E-state index in [1.165, 1.54) is 0 Å². The fraction of sp³-hybridized carbons (Fsp3) is 0.611. The van der Waals surface area contributed by atoms with Crippen LogP contribution in [0.2, 0.25) is 0 Å². The van der Waals surface area contributed by atoms with Crippen LogP contribution in [-0.2, 0) is 4.74 Å². The molecule has 24 heavy (non-hydrogen) atoms. The van der Waals surface area contributed by atoms with Crippen LogP contribution in [0.3, 0.4) is 0 Å². The Labute approximate surface area is 143 Å². The summed E-state index contributed by atoms with van der Waals surface area (Å²) in [4.78, 5) is 20.5. The Morgan fingerprint density at radius 1 is 1.46 bits per heavy atom. The molecule has 0 radical (unpaired) electrons. The number of nitrogen functional groups attached to an aromatic ring is 1. The minimum Gasteiger partial charge on any atom is -0.444 e.